The molecule has 2 aromatic rings. The normalized spacial score (nSPS) is 17.3. The molecule has 1 N–H and O–H groups in total. The highest BCUT2D eigenvalue weighted by molar-refractivity contribution is 5.90. The van der Waals surface area contributed by atoms with Crippen LogP contribution in [0, 0.1) is 17.2 Å². The molecule has 1 aliphatic heterocycles. The number of nitrogens with one attached hydrogen (secondary N) is 1. The molecule has 0 radical (unpaired) electrons. The van der Waals surface area contributed by atoms with Gasteiger partial charge in [0.1, 0.15) is 0 Å². The number of nitriles is 1. The van der Waals surface area contributed by atoms with E-state index in [1.54, 1.807) is 12.1 Å². The van der Waals surface area contributed by atoms with Crippen LogP contribution in [0.25, 0.3) is 0 Å². The van der Waals surface area contributed by atoms with Crippen LogP contribution in [0.4, 0.5) is 5.69 Å². The van der Waals surface area contributed by atoms with Gasteiger partial charge in [-0.15, -0.1) is 0 Å². The van der Waals surface area contributed by atoms with E-state index in [0.29, 0.717) is 18.4 Å². The molecule has 2 aromatic carbocycles. The molecule has 1 fully saturated rings. The van der Waals surface area contributed by atoms with Crippen molar-refractivity contribution in [1.29, 1.82) is 5.26 Å². The summed E-state index contributed by atoms with van der Waals surface area (Å²) in [5.41, 5.74) is 3.84. The fraction of sp³-hybridized carbons (Fsp3) is 0.391. The third-order valence-electron chi connectivity index (χ3n) is 5.11. The predicted molar refractivity (Wildman–Crippen MR) is 108 cm³/mol. The van der Waals surface area contributed by atoms with Crippen LogP contribution in [0.15, 0.2) is 48.5 Å². The Morgan fingerprint density at radius 1 is 1.15 bits per heavy atom. The van der Waals surface area contributed by atoms with Gasteiger partial charge in [0, 0.05) is 25.2 Å². The number of amides is 1. The van der Waals surface area contributed by atoms with Crippen molar-refractivity contribution in [2.75, 3.05) is 18.4 Å². The van der Waals surface area contributed by atoms with Crippen LogP contribution >= 0.6 is 0 Å². The number of anilines is 1. The Labute approximate surface area is 161 Å². The lowest BCUT2D eigenvalue weighted by molar-refractivity contribution is -0.116. The molecule has 1 heterocycles. The van der Waals surface area contributed by atoms with E-state index < -0.39 is 0 Å². The van der Waals surface area contributed by atoms with Crippen molar-refractivity contribution >= 4 is 11.6 Å². The summed E-state index contributed by atoms with van der Waals surface area (Å²) in [4.78, 5) is 14.7. The molecule has 0 bridgehead atoms. The Kier molecular flexibility index (Phi) is 6.62. The van der Waals surface area contributed by atoms with Crippen molar-refractivity contribution in [1.82, 2.24) is 4.90 Å². The Hall–Kier alpha value is -2.64. The summed E-state index contributed by atoms with van der Waals surface area (Å²) in [5.74, 6) is 0.797. The number of carbonyl (C=O) groups is 1. The summed E-state index contributed by atoms with van der Waals surface area (Å²) in [5, 5.41) is 11.8. The highest BCUT2D eigenvalue weighted by atomic mass is 16.1. The lowest BCUT2D eigenvalue weighted by Crippen LogP contribution is -2.33. The van der Waals surface area contributed by atoms with E-state index in [1.807, 2.05) is 24.3 Å². The molecular formula is C23H27N3O. The van der Waals surface area contributed by atoms with Crippen LogP contribution < -0.4 is 5.32 Å². The van der Waals surface area contributed by atoms with Crippen molar-refractivity contribution in [3.63, 3.8) is 0 Å². The minimum Gasteiger partial charge on any atom is -0.326 e. The van der Waals surface area contributed by atoms with Gasteiger partial charge in [-0.2, -0.15) is 5.26 Å². The summed E-state index contributed by atoms with van der Waals surface area (Å²) in [6.07, 6.45) is 3.72. The van der Waals surface area contributed by atoms with E-state index in [1.165, 1.54) is 31.5 Å². The molecule has 0 aliphatic carbocycles. The summed E-state index contributed by atoms with van der Waals surface area (Å²) >= 11 is 0. The monoisotopic (exact) mass is 361 g/mol. The average Bonchev–Trinajstić information content (AvgIpc) is 2.68. The van der Waals surface area contributed by atoms with Gasteiger partial charge in [0.15, 0.2) is 0 Å². The second-order valence-electron chi connectivity index (χ2n) is 7.54. The molecule has 1 amide bonds. The first-order valence-corrected chi connectivity index (χ1v) is 9.72. The first-order chi connectivity index (χ1) is 13.1. The van der Waals surface area contributed by atoms with Gasteiger partial charge < -0.3 is 5.32 Å². The molecule has 0 spiro atoms. The molecule has 27 heavy (non-hydrogen) atoms. The quantitative estimate of drug-likeness (QED) is 0.831. The highest BCUT2D eigenvalue weighted by Crippen LogP contribution is 2.19. The van der Waals surface area contributed by atoms with Gasteiger partial charge >= 0.3 is 0 Å². The van der Waals surface area contributed by atoms with Gasteiger partial charge in [-0.1, -0.05) is 31.2 Å². The zero-order chi connectivity index (χ0) is 19.1. The molecular weight excluding hydrogens is 334 g/mol. The van der Waals surface area contributed by atoms with E-state index in [9.17, 15) is 4.79 Å². The predicted octanol–water partition coefficient (Wildman–Crippen LogP) is 4.36. The Morgan fingerprint density at radius 2 is 1.85 bits per heavy atom. The van der Waals surface area contributed by atoms with Crippen LogP contribution in [-0.2, 0) is 17.8 Å². The van der Waals surface area contributed by atoms with Crippen molar-refractivity contribution in [2.24, 2.45) is 5.92 Å². The van der Waals surface area contributed by atoms with Crippen molar-refractivity contribution in [3.8, 4) is 6.07 Å². The van der Waals surface area contributed by atoms with Crippen LogP contribution in [0.5, 0.6) is 0 Å². The number of hydrogen-bond acceptors (Lipinski definition) is 3. The van der Waals surface area contributed by atoms with Crippen molar-refractivity contribution in [2.45, 2.75) is 39.2 Å². The molecule has 0 unspecified atom stereocenters. The van der Waals surface area contributed by atoms with E-state index >= 15 is 0 Å². The second kappa shape index (κ2) is 9.34. The van der Waals surface area contributed by atoms with E-state index in [0.717, 1.165) is 23.7 Å². The Bertz CT molecular complexity index is 790. The first kappa shape index (κ1) is 19.1. The molecule has 3 rings (SSSR count). The SMILES string of the molecule is C[C@H]1CCCN(Cc2ccc(NC(=O)CCc3ccc(C#N)cc3)cc2)C1. The molecule has 140 valence electrons. The number of benzene rings is 2. The van der Waals surface area contributed by atoms with Crippen molar-refractivity contribution < 1.29 is 4.79 Å². The van der Waals surface area contributed by atoms with Crippen LogP contribution in [-0.4, -0.2) is 23.9 Å². The van der Waals surface area contributed by atoms with E-state index in [4.69, 9.17) is 5.26 Å². The number of hydrogen-bond donors (Lipinski definition) is 1. The van der Waals surface area contributed by atoms with Crippen LogP contribution in [0.2, 0.25) is 0 Å². The minimum absolute atomic E-state index is 0.0111. The maximum absolute atomic E-state index is 12.2. The summed E-state index contributed by atoms with van der Waals surface area (Å²) in [7, 11) is 0. The van der Waals surface area contributed by atoms with Gasteiger partial charge in [-0.05, 0) is 67.1 Å². The fourth-order valence-electron chi connectivity index (χ4n) is 3.61. The van der Waals surface area contributed by atoms with Gasteiger partial charge in [0.2, 0.25) is 5.91 Å². The fourth-order valence-corrected chi connectivity index (χ4v) is 3.61. The van der Waals surface area contributed by atoms with Crippen LogP contribution in [0.3, 0.4) is 0 Å². The minimum atomic E-state index is 0.0111. The van der Waals surface area contributed by atoms with Crippen LogP contribution in [0.1, 0.15) is 42.9 Å². The number of carbonyl (C=O) groups excluding carboxylic acids is 1. The molecule has 0 saturated carbocycles. The van der Waals surface area contributed by atoms with Gasteiger partial charge in [0.25, 0.3) is 0 Å². The molecule has 0 aromatic heterocycles. The molecule has 1 aliphatic rings. The lowest BCUT2D eigenvalue weighted by Gasteiger charge is -2.30. The smallest absolute Gasteiger partial charge is 0.224 e. The highest BCUT2D eigenvalue weighted by Gasteiger charge is 2.16. The summed E-state index contributed by atoms with van der Waals surface area (Å²) in [6.45, 7) is 5.66. The van der Waals surface area contributed by atoms with Gasteiger partial charge in [-0.3, -0.25) is 9.69 Å². The zero-order valence-corrected chi connectivity index (χ0v) is 15.9. The topological polar surface area (TPSA) is 56.1 Å². The summed E-state index contributed by atoms with van der Waals surface area (Å²) < 4.78 is 0. The first-order valence-electron chi connectivity index (χ1n) is 9.72. The largest absolute Gasteiger partial charge is 0.326 e. The number of nitrogens with zero attached hydrogens (tertiary/aromatic N) is 2. The third-order valence-corrected chi connectivity index (χ3v) is 5.11. The third kappa shape index (κ3) is 5.94. The van der Waals surface area contributed by atoms with Gasteiger partial charge in [0.05, 0.1) is 11.6 Å². The maximum Gasteiger partial charge on any atom is 0.224 e. The maximum atomic E-state index is 12.2. The van der Waals surface area contributed by atoms with Gasteiger partial charge in [-0.25, -0.2) is 0 Å². The average molecular weight is 361 g/mol. The standard InChI is InChI=1S/C23H27N3O/c1-18-3-2-14-26(16-18)17-21-8-11-22(12-9-21)25-23(27)13-10-19-4-6-20(15-24)7-5-19/h4-9,11-12,18H,2-3,10,13-14,16-17H2,1H3,(H,25,27)/t18-/m0/s1. The molecule has 4 heteroatoms. The Morgan fingerprint density at radius 3 is 2.52 bits per heavy atom. The number of aryl methyl sites for hydroxylation is 1. The van der Waals surface area contributed by atoms with E-state index in [2.05, 4.69) is 35.3 Å². The number of piperidine rings is 1. The molecule has 4 nitrogen and oxygen atoms in total. The Balaban J connectivity index is 1.45. The number of rotatable bonds is 6. The summed E-state index contributed by atoms with van der Waals surface area (Å²) in [6, 6.07) is 17.7. The molecule has 1 saturated heterocycles. The van der Waals surface area contributed by atoms with Crippen molar-refractivity contribution in [3.05, 3.63) is 65.2 Å². The second-order valence-corrected chi connectivity index (χ2v) is 7.54. The zero-order valence-electron chi connectivity index (χ0n) is 15.9. The van der Waals surface area contributed by atoms with E-state index in [-0.39, 0.29) is 5.91 Å². The number of likely N-dealkylation sites (tertiary alicyclic amines) is 1. The molecule has 1 atom stereocenters. The lowest BCUT2D eigenvalue weighted by atomic mass is 10.00.